The topological polar surface area (TPSA) is 29.9 Å². The summed E-state index contributed by atoms with van der Waals surface area (Å²) in [6.45, 7) is 6.78. The number of hydrogen-bond donors (Lipinski definition) is 1. The quantitative estimate of drug-likeness (QED) is 0.847. The molecule has 90 valence electrons. The molecule has 0 spiro atoms. The highest BCUT2D eigenvalue weighted by molar-refractivity contribution is 5.16. The lowest BCUT2D eigenvalue weighted by Crippen LogP contribution is -2.28. The van der Waals surface area contributed by atoms with E-state index in [2.05, 4.69) is 42.1 Å². The van der Waals surface area contributed by atoms with E-state index in [1.807, 2.05) is 0 Å². The summed E-state index contributed by atoms with van der Waals surface area (Å²) in [5.41, 5.74) is 2.65. The highest BCUT2D eigenvalue weighted by Crippen LogP contribution is 2.23. The lowest BCUT2D eigenvalue weighted by molar-refractivity contribution is 0.451. The molecule has 3 nitrogen and oxygen atoms in total. The fraction of sp³-hybridized carbons (Fsp3) is 0.769. The van der Waals surface area contributed by atoms with Gasteiger partial charge in [-0.15, -0.1) is 0 Å². The van der Waals surface area contributed by atoms with Crippen LogP contribution in [0.1, 0.15) is 44.0 Å². The molecule has 2 rings (SSSR count). The van der Waals surface area contributed by atoms with Gasteiger partial charge >= 0.3 is 0 Å². The normalized spacial score (nSPS) is 21.6. The Hall–Kier alpha value is -0.830. The summed E-state index contributed by atoms with van der Waals surface area (Å²) in [6, 6.07) is 2.30. The van der Waals surface area contributed by atoms with Crippen LogP contribution in [-0.4, -0.2) is 22.9 Å². The average molecular weight is 221 g/mol. The molecule has 2 heterocycles. The number of rotatable bonds is 3. The van der Waals surface area contributed by atoms with Crippen molar-refractivity contribution in [2.45, 2.75) is 39.0 Å². The summed E-state index contributed by atoms with van der Waals surface area (Å²) in [6.07, 6.45) is 3.69. The molecule has 3 heteroatoms. The Morgan fingerprint density at radius 2 is 2.38 bits per heavy atom. The van der Waals surface area contributed by atoms with Gasteiger partial charge in [0, 0.05) is 25.2 Å². The van der Waals surface area contributed by atoms with Gasteiger partial charge in [-0.1, -0.05) is 13.8 Å². The Kier molecular flexibility index (Phi) is 3.64. The molecule has 0 radical (unpaired) electrons. The van der Waals surface area contributed by atoms with Crippen LogP contribution in [-0.2, 0) is 13.5 Å². The Morgan fingerprint density at radius 1 is 1.56 bits per heavy atom. The van der Waals surface area contributed by atoms with Crippen LogP contribution in [0.25, 0.3) is 0 Å². The summed E-state index contributed by atoms with van der Waals surface area (Å²) in [4.78, 5) is 0. The van der Waals surface area contributed by atoms with E-state index in [9.17, 15) is 0 Å². The number of nitrogens with one attached hydrogen (secondary N) is 1. The molecule has 0 aliphatic carbocycles. The first-order valence-corrected chi connectivity index (χ1v) is 6.40. The van der Waals surface area contributed by atoms with Crippen molar-refractivity contribution in [3.8, 4) is 0 Å². The first kappa shape index (κ1) is 11.6. The molecule has 1 aliphatic rings. The van der Waals surface area contributed by atoms with Gasteiger partial charge in [0.25, 0.3) is 0 Å². The number of hydrogen-bond acceptors (Lipinski definition) is 2. The van der Waals surface area contributed by atoms with E-state index in [4.69, 9.17) is 0 Å². The number of aryl methyl sites for hydroxylation is 1. The maximum absolute atomic E-state index is 4.66. The minimum absolute atomic E-state index is 0.626. The van der Waals surface area contributed by atoms with Crippen molar-refractivity contribution < 1.29 is 0 Å². The predicted octanol–water partition coefficient (Wildman–Crippen LogP) is 2.09. The zero-order chi connectivity index (χ0) is 11.5. The van der Waals surface area contributed by atoms with E-state index in [1.54, 1.807) is 0 Å². The van der Waals surface area contributed by atoms with Gasteiger partial charge < -0.3 is 5.32 Å². The fourth-order valence-corrected chi connectivity index (χ4v) is 2.44. The van der Waals surface area contributed by atoms with Crippen molar-refractivity contribution in [1.82, 2.24) is 15.1 Å². The van der Waals surface area contributed by atoms with Crippen LogP contribution < -0.4 is 5.32 Å². The maximum atomic E-state index is 4.66. The zero-order valence-electron chi connectivity index (χ0n) is 10.7. The lowest BCUT2D eigenvalue weighted by Gasteiger charge is -2.20. The number of piperidine rings is 1. The third kappa shape index (κ3) is 2.64. The monoisotopic (exact) mass is 221 g/mol. The third-order valence-electron chi connectivity index (χ3n) is 3.33. The molecule has 1 fully saturated rings. The van der Waals surface area contributed by atoms with Crippen molar-refractivity contribution in [3.05, 3.63) is 17.5 Å². The van der Waals surface area contributed by atoms with Crippen LogP contribution in [0.4, 0.5) is 0 Å². The van der Waals surface area contributed by atoms with Crippen LogP contribution in [0.3, 0.4) is 0 Å². The molecular formula is C13H23N3. The van der Waals surface area contributed by atoms with Crippen LogP contribution >= 0.6 is 0 Å². The van der Waals surface area contributed by atoms with Gasteiger partial charge in [-0.25, -0.2) is 0 Å². The second kappa shape index (κ2) is 5.00. The van der Waals surface area contributed by atoms with Crippen molar-refractivity contribution in [3.63, 3.8) is 0 Å². The Bertz CT molecular complexity index is 335. The van der Waals surface area contributed by atoms with Crippen LogP contribution in [0.2, 0.25) is 0 Å². The Balaban J connectivity index is 2.09. The SMILES string of the molecule is CC(C)Cc1cc(C2CCCNC2)nn1C. The van der Waals surface area contributed by atoms with Gasteiger partial charge in [0.05, 0.1) is 5.69 Å². The van der Waals surface area contributed by atoms with Crippen molar-refractivity contribution >= 4 is 0 Å². The standard InChI is InChI=1S/C13H23N3/c1-10(2)7-12-8-13(15-16(12)3)11-5-4-6-14-9-11/h8,10-11,14H,4-7,9H2,1-3H3. The average Bonchev–Trinajstić information content (AvgIpc) is 2.61. The molecule has 1 N–H and O–H groups in total. The minimum Gasteiger partial charge on any atom is -0.316 e. The minimum atomic E-state index is 0.626. The summed E-state index contributed by atoms with van der Waals surface area (Å²) in [5, 5.41) is 8.12. The number of nitrogens with zero attached hydrogens (tertiary/aromatic N) is 2. The molecule has 1 aromatic rings. The van der Waals surface area contributed by atoms with Gasteiger partial charge in [-0.2, -0.15) is 5.10 Å². The smallest absolute Gasteiger partial charge is 0.0670 e. The highest BCUT2D eigenvalue weighted by Gasteiger charge is 2.19. The first-order valence-electron chi connectivity index (χ1n) is 6.40. The molecule has 1 saturated heterocycles. The first-order chi connectivity index (χ1) is 7.66. The predicted molar refractivity (Wildman–Crippen MR) is 66.6 cm³/mol. The number of aromatic nitrogens is 2. The second-order valence-corrected chi connectivity index (χ2v) is 5.33. The Morgan fingerprint density at radius 3 is 3.00 bits per heavy atom. The maximum Gasteiger partial charge on any atom is 0.0670 e. The third-order valence-corrected chi connectivity index (χ3v) is 3.33. The second-order valence-electron chi connectivity index (χ2n) is 5.33. The van der Waals surface area contributed by atoms with E-state index < -0.39 is 0 Å². The summed E-state index contributed by atoms with van der Waals surface area (Å²) < 4.78 is 2.06. The molecule has 0 aromatic carbocycles. The lowest BCUT2D eigenvalue weighted by atomic mass is 9.95. The van der Waals surface area contributed by atoms with Crippen LogP contribution in [0.15, 0.2) is 6.07 Å². The van der Waals surface area contributed by atoms with Gasteiger partial charge in [-0.3, -0.25) is 4.68 Å². The van der Waals surface area contributed by atoms with Gasteiger partial charge in [0.15, 0.2) is 0 Å². The largest absolute Gasteiger partial charge is 0.316 e. The summed E-state index contributed by atoms with van der Waals surface area (Å²) >= 11 is 0. The molecule has 0 bridgehead atoms. The van der Waals surface area contributed by atoms with E-state index in [0.717, 1.165) is 13.0 Å². The highest BCUT2D eigenvalue weighted by atomic mass is 15.3. The van der Waals surface area contributed by atoms with Gasteiger partial charge in [0.1, 0.15) is 0 Å². The zero-order valence-corrected chi connectivity index (χ0v) is 10.7. The molecule has 0 saturated carbocycles. The fourth-order valence-electron chi connectivity index (χ4n) is 2.44. The van der Waals surface area contributed by atoms with E-state index in [1.165, 1.54) is 30.8 Å². The molecule has 16 heavy (non-hydrogen) atoms. The summed E-state index contributed by atoms with van der Waals surface area (Å²) in [7, 11) is 2.07. The van der Waals surface area contributed by atoms with Crippen molar-refractivity contribution in [2.24, 2.45) is 13.0 Å². The van der Waals surface area contributed by atoms with E-state index in [0.29, 0.717) is 11.8 Å². The molecular weight excluding hydrogens is 198 g/mol. The molecule has 0 amide bonds. The van der Waals surface area contributed by atoms with Gasteiger partial charge in [-0.05, 0) is 37.8 Å². The van der Waals surface area contributed by atoms with Crippen molar-refractivity contribution in [2.75, 3.05) is 13.1 Å². The van der Waals surface area contributed by atoms with E-state index in [-0.39, 0.29) is 0 Å². The molecule has 1 aliphatic heterocycles. The van der Waals surface area contributed by atoms with Crippen molar-refractivity contribution in [1.29, 1.82) is 0 Å². The van der Waals surface area contributed by atoms with Gasteiger partial charge in [0.2, 0.25) is 0 Å². The summed E-state index contributed by atoms with van der Waals surface area (Å²) in [5.74, 6) is 1.33. The van der Waals surface area contributed by atoms with Crippen LogP contribution in [0.5, 0.6) is 0 Å². The molecule has 1 unspecified atom stereocenters. The molecule has 1 aromatic heterocycles. The van der Waals surface area contributed by atoms with E-state index >= 15 is 0 Å². The Labute approximate surface area is 98.2 Å². The molecule has 1 atom stereocenters. The van der Waals surface area contributed by atoms with Crippen LogP contribution in [0, 0.1) is 5.92 Å².